The third kappa shape index (κ3) is 2.47. The molecule has 21 heavy (non-hydrogen) atoms. The smallest absolute Gasteiger partial charge is 0.241 e. The zero-order valence-electron chi connectivity index (χ0n) is 13.2. The summed E-state index contributed by atoms with van der Waals surface area (Å²) in [6, 6.07) is 10.2. The van der Waals surface area contributed by atoms with E-state index in [0.29, 0.717) is 0 Å². The van der Waals surface area contributed by atoms with Gasteiger partial charge in [0.15, 0.2) is 0 Å². The Morgan fingerprint density at radius 2 is 1.95 bits per heavy atom. The number of carbonyl (C=O) groups excluding carboxylic acids is 1. The van der Waals surface area contributed by atoms with Crippen molar-refractivity contribution >= 4 is 5.91 Å². The minimum Gasteiger partial charge on any atom is -0.320 e. The Bertz CT molecular complexity index is 510. The second-order valence-electron chi connectivity index (χ2n) is 6.64. The van der Waals surface area contributed by atoms with Crippen LogP contribution in [0.1, 0.15) is 37.9 Å². The molecule has 2 aliphatic rings. The molecule has 1 saturated heterocycles. The van der Waals surface area contributed by atoms with Crippen molar-refractivity contribution in [1.29, 1.82) is 0 Å². The summed E-state index contributed by atoms with van der Waals surface area (Å²) < 4.78 is 0. The van der Waals surface area contributed by atoms with Crippen LogP contribution in [0.5, 0.6) is 0 Å². The van der Waals surface area contributed by atoms with E-state index in [2.05, 4.69) is 36.4 Å². The van der Waals surface area contributed by atoms with Crippen molar-refractivity contribution in [2.24, 2.45) is 0 Å². The Labute approximate surface area is 127 Å². The molecule has 1 aliphatic carbocycles. The molecule has 2 unspecified atom stereocenters. The van der Waals surface area contributed by atoms with Gasteiger partial charge in [0.1, 0.15) is 6.17 Å². The molecule has 0 radical (unpaired) electrons. The van der Waals surface area contributed by atoms with Crippen LogP contribution in [0.25, 0.3) is 0 Å². The van der Waals surface area contributed by atoms with Gasteiger partial charge in [-0.2, -0.15) is 0 Å². The molecule has 1 saturated carbocycles. The van der Waals surface area contributed by atoms with Gasteiger partial charge in [-0.3, -0.25) is 10.1 Å². The Kier molecular flexibility index (Phi) is 3.76. The van der Waals surface area contributed by atoms with Crippen LogP contribution in [0.15, 0.2) is 30.3 Å². The Balaban J connectivity index is 1.85. The molecule has 2 fully saturated rings. The highest BCUT2D eigenvalue weighted by molar-refractivity contribution is 5.84. The fourth-order valence-electron chi connectivity index (χ4n) is 3.50. The molecule has 4 heteroatoms. The van der Waals surface area contributed by atoms with E-state index in [1.54, 1.807) is 0 Å². The predicted molar refractivity (Wildman–Crippen MR) is 83.8 cm³/mol. The topological polar surface area (TPSA) is 35.6 Å². The molecule has 1 aromatic carbocycles. The fourth-order valence-corrected chi connectivity index (χ4v) is 3.50. The molecule has 114 valence electrons. The van der Waals surface area contributed by atoms with Crippen molar-refractivity contribution in [3.05, 3.63) is 35.9 Å². The van der Waals surface area contributed by atoms with Crippen molar-refractivity contribution < 1.29 is 4.79 Å². The lowest BCUT2D eigenvalue weighted by Gasteiger charge is -2.50. The first-order valence-corrected chi connectivity index (χ1v) is 7.82. The van der Waals surface area contributed by atoms with Gasteiger partial charge >= 0.3 is 0 Å². The number of amides is 1. The van der Waals surface area contributed by atoms with Crippen molar-refractivity contribution in [2.45, 2.75) is 43.9 Å². The third-order valence-electron chi connectivity index (χ3n) is 5.19. The molecule has 1 aromatic rings. The lowest BCUT2D eigenvalue weighted by Crippen LogP contribution is -2.58. The van der Waals surface area contributed by atoms with Gasteiger partial charge in [-0.05, 0) is 45.8 Å². The molecule has 1 amide bonds. The number of nitrogens with one attached hydrogen (secondary N) is 1. The monoisotopic (exact) mass is 287 g/mol. The molecule has 2 atom stereocenters. The van der Waals surface area contributed by atoms with E-state index in [-0.39, 0.29) is 23.7 Å². The summed E-state index contributed by atoms with van der Waals surface area (Å²) in [6.45, 7) is 2.77. The van der Waals surface area contributed by atoms with Crippen molar-refractivity contribution in [3.8, 4) is 0 Å². The standard InChI is InChI=1S/C17H25N3O/c1-13-16(21)20(12-17(19(2)3)10-7-11-17)15(18-13)14-8-5-4-6-9-14/h4-6,8-9,13,15,18H,7,10-12H2,1-3H3. The molecule has 0 aromatic heterocycles. The predicted octanol–water partition coefficient (Wildman–Crippen LogP) is 1.99. The van der Waals surface area contributed by atoms with Gasteiger partial charge < -0.3 is 9.80 Å². The Morgan fingerprint density at radius 3 is 2.48 bits per heavy atom. The van der Waals surface area contributed by atoms with Gasteiger partial charge in [-0.1, -0.05) is 30.3 Å². The third-order valence-corrected chi connectivity index (χ3v) is 5.19. The summed E-state index contributed by atoms with van der Waals surface area (Å²) in [5.41, 5.74) is 1.33. The number of likely N-dealkylation sites (N-methyl/N-ethyl adjacent to an activating group) is 1. The van der Waals surface area contributed by atoms with E-state index in [4.69, 9.17) is 0 Å². The summed E-state index contributed by atoms with van der Waals surface area (Å²) in [7, 11) is 4.27. The highest BCUT2D eigenvalue weighted by atomic mass is 16.2. The lowest BCUT2D eigenvalue weighted by atomic mass is 9.75. The van der Waals surface area contributed by atoms with E-state index in [1.165, 1.54) is 24.8 Å². The maximum absolute atomic E-state index is 12.6. The normalized spacial score (nSPS) is 28.0. The van der Waals surface area contributed by atoms with Crippen LogP contribution in [0, 0.1) is 0 Å². The Hall–Kier alpha value is -1.39. The minimum absolute atomic E-state index is 0.00567. The molecule has 0 spiro atoms. The molecule has 0 bridgehead atoms. The summed E-state index contributed by atoms with van der Waals surface area (Å²) in [5, 5.41) is 3.44. The zero-order valence-corrected chi connectivity index (χ0v) is 13.2. The fraction of sp³-hybridized carbons (Fsp3) is 0.588. The van der Waals surface area contributed by atoms with Crippen molar-refractivity contribution in [2.75, 3.05) is 20.6 Å². The van der Waals surface area contributed by atoms with E-state index >= 15 is 0 Å². The van der Waals surface area contributed by atoms with Gasteiger partial charge in [-0.15, -0.1) is 0 Å². The van der Waals surface area contributed by atoms with Crippen LogP contribution >= 0.6 is 0 Å². The summed E-state index contributed by atoms with van der Waals surface area (Å²) in [4.78, 5) is 16.9. The second kappa shape index (κ2) is 5.43. The molecule has 1 N–H and O–H groups in total. The van der Waals surface area contributed by atoms with Gasteiger partial charge in [0, 0.05) is 12.1 Å². The van der Waals surface area contributed by atoms with Gasteiger partial charge in [0.2, 0.25) is 5.91 Å². The van der Waals surface area contributed by atoms with Crippen LogP contribution < -0.4 is 5.32 Å². The number of nitrogens with zero attached hydrogens (tertiary/aromatic N) is 2. The minimum atomic E-state index is -0.102. The molecule has 1 aliphatic heterocycles. The SMILES string of the molecule is CC1NC(c2ccccc2)N(CC2(N(C)C)CCC2)C1=O. The number of carbonyl (C=O) groups is 1. The van der Waals surface area contributed by atoms with Gasteiger partial charge in [0.05, 0.1) is 6.04 Å². The first-order valence-electron chi connectivity index (χ1n) is 7.82. The average Bonchev–Trinajstić information content (AvgIpc) is 2.71. The number of rotatable bonds is 4. The van der Waals surface area contributed by atoms with E-state index < -0.39 is 0 Å². The first-order chi connectivity index (χ1) is 10.0. The van der Waals surface area contributed by atoms with Crippen LogP contribution in [0.3, 0.4) is 0 Å². The highest BCUT2D eigenvalue weighted by Crippen LogP contribution is 2.39. The van der Waals surface area contributed by atoms with E-state index in [9.17, 15) is 4.79 Å². The van der Waals surface area contributed by atoms with Crippen LogP contribution in [0.4, 0.5) is 0 Å². The van der Waals surface area contributed by atoms with Crippen LogP contribution in [-0.2, 0) is 4.79 Å². The quantitative estimate of drug-likeness (QED) is 0.920. The summed E-state index contributed by atoms with van der Waals surface area (Å²) in [6.07, 6.45) is 3.63. The van der Waals surface area contributed by atoms with E-state index in [1.807, 2.05) is 30.0 Å². The summed E-state index contributed by atoms with van der Waals surface area (Å²) >= 11 is 0. The number of hydrogen-bond donors (Lipinski definition) is 1. The zero-order chi connectivity index (χ0) is 15.0. The van der Waals surface area contributed by atoms with Crippen LogP contribution in [0.2, 0.25) is 0 Å². The second-order valence-corrected chi connectivity index (χ2v) is 6.64. The molecular formula is C17H25N3O. The van der Waals surface area contributed by atoms with Gasteiger partial charge in [-0.25, -0.2) is 0 Å². The molecule has 3 rings (SSSR count). The largest absolute Gasteiger partial charge is 0.320 e. The molecule has 4 nitrogen and oxygen atoms in total. The number of benzene rings is 1. The maximum Gasteiger partial charge on any atom is 0.241 e. The van der Waals surface area contributed by atoms with Crippen molar-refractivity contribution in [3.63, 3.8) is 0 Å². The Morgan fingerprint density at radius 1 is 1.29 bits per heavy atom. The first kappa shape index (κ1) is 14.5. The van der Waals surface area contributed by atoms with Gasteiger partial charge in [0.25, 0.3) is 0 Å². The number of hydrogen-bond acceptors (Lipinski definition) is 3. The maximum atomic E-state index is 12.6. The van der Waals surface area contributed by atoms with Crippen LogP contribution in [-0.4, -0.2) is 47.9 Å². The molecule has 1 heterocycles. The molecular weight excluding hydrogens is 262 g/mol. The lowest BCUT2D eigenvalue weighted by molar-refractivity contribution is -0.132. The highest BCUT2D eigenvalue weighted by Gasteiger charge is 2.46. The van der Waals surface area contributed by atoms with E-state index in [0.717, 1.165) is 6.54 Å². The van der Waals surface area contributed by atoms with Crippen molar-refractivity contribution in [1.82, 2.24) is 15.1 Å². The average molecular weight is 287 g/mol. The summed E-state index contributed by atoms with van der Waals surface area (Å²) in [5.74, 6) is 0.219.